The van der Waals surface area contributed by atoms with Crippen molar-refractivity contribution < 1.29 is 19.1 Å². The van der Waals surface area contributed by atoms with E-state index in [4.69, 9.17) is 20.8 Å². The lowest BCUT2D eigenvalue weighted by Gasteiger charge is -2.22. The van der Waals surface area contributed by atoms with E-state index in [2.05, 4.69) is 0 Å². The lowest BCUT2D eigenvalue weighted by Crippen LogP contribution is -2.36. The molecule has 4 rings (SSSR count). The molecule has 2 aromatic carbocycles. The van der Waals surface area contributed by atoms with Gasteiger partial charge >= 0.3 is 5.97 Å². The van der Waals surface area contributed by atoms with Crippen molar-refractivity contribution in [3.63, 3.8) is 0 Å². The maximum atomic E-state index is 12.1. The van der Waals surface area contributed by atoms with E-state index in [1.807, 2.05) is 12.1 Å². The molecule has 6 heteroatoms. The van der Waals surface area contributed by atoms with E-state index in [0.29, 0.717) is 16.1 Å². The maximum absolute atomic E-state index is 12.1. The first-order chi connectivity index (χ1) is 12.1. The monoisotopic (exact) mass is 376 g/mol. The van der Waals surface area contributed by atoms with Gasteiger partial charge < -0.3 is 14.3 Å². The molecule has 0 spiro atoms. The number of methoxy groups -OCH3 is 1. The highest BCUT2D eigenvalue weighted by Gasteiger charge is 2.48. The molecule has 1 aliphatic heterocycles. The Balaban J connectivity index is 0.000000258. The highest BCUT2D eigenvalue weighted by atomic mass is 35.5. The van der Waals surface area contributed by atoms with E-state index in [-0.39, 0.29) is 9.76 Å². The van der Waals surface area contributed by atoms with Crippen molar-refractivity contribution in [1.29, 1.82) is 0 Å². The summed E-state index contributed by atoms with van der Waals surface area (Å²) in [5, 5.41) is 11.3. The Hall–Kier alpha value is -1.66. The van der Waals surface area contributed by atoms with E-state index < -0.39 is 11.6 Å². The van der Waals surface area contributed by atoms with E-state index in [0.717, 1.165) is 17.7 Å². The molecule has 1 aliphatic carbocycles. The molecule has 25 heavy (non-hydrogen) atoms. The number of fused-ring (bicyclic) bond motifs is 3. The average Bonchev–Trinajstić information content (AvgIpc) is 2.93. The number of esters is 1. The Kier molecular flexibility index (Phi) is 5.59. The van der Waals surface area contributed by atoms with Crippen LogP contribution in [0, 0.1) is 0 Å². The molecule has 1 heterocycles. The number of aliphatic hydroxyl groups is 1. The van der Waals surface area contributed by atoms with Gasteiger partial charge in [-0.1, -0.05) is 48.4 Å². The van der Waals surface area contributed by atoms with E-state index in [1.165, 1.54) is 26.0 Å². The van der Waals surface area contributed by atoms with Crippen molar-refractivity contribution in [3.8, 4) is 11.1 Å². The van der Waals surface area contributed by atoms with Crippen LogP contribution in [0.3, 0.4) is 0 Å². The third-order valence-corrected chi connectivity index (χ3v) is 6.14. The summed E-state index contributed by atoms with van der Waals surface area (Å²) in [5.41, 5.74) is 0.827. The second-order valence-corrected chi connectivity index (χ2v) is 8.07. The van der Waals surface area contributed by atoms with Gasteiger partial charge in [0.25, 0.3) is 0 Å². The number of carbonyl (C=O) groups excluding carboxylic acids is 1. The lowest BCUT2D eigenvalue weighted by molar-refractivity contribution is -0.158. The first kappa shape index (κ1) is 18.1. The summed E-state index contributed by atoms with van der Waals surface area (Å²) in [6.45, 7) is 1.06. The molecular formula is C19H21ClO4Si. The second-order valence-electron chi connectivity index (χ2n) is 6.11. The van der Waals surface area contributed by atoms with Crippen LogP contribution in [0.1, 0.15) is 24.0 Å². The number of benzene rings is 2. The number of carbonyl (C=O) groups is 1. The Bertz CT molecular complexity index is 764. The van der Waals surface area contributed by atoms with Gasteiger partial charge in [-0.25, -0.2) is 4.79 Å². The summed E-state index contributed by atoms with van der Waals surface area (Å²) in [6.07, 6.45) is 2.75. The molecule has 1 N–H and O–H groups in total. The first-order valence-corrected chi connectivity index (χ1v) is 10.3. The molecule has 2 aromatic rings. The average molecular weight is 377 g/mol. The fraction of sp³-hybridized carbons (Fsp3) is 0.316. The van der Waals surface area contributed by atoms with Gasteiger partial charge in [0.1, 0.15) is 0 Å². The third-order valence-electron chi connectivity index (χ3n) is 4.54. The van der Waals surface area contributed by atoms with Gasteiger partial charge in [0.2, 0.25) is 5.60 Å². The van der Waals surface area contributed by atoms with Crippen LogP contribution in [0.4, 0.5) is 0 Å². The van der Waals surface area contributed by atoms with Crippen molar-refractivity contribution in [2.45, 2.75) is 24.5 Å². The zero-order valence-corrected chi connectivity index (χ0v) is 16.3. The largest absolute Gasteiger partial charge is 0.466 e. The summed E-state index contributed by atoms with van der Waals surface area (Å²) in [7, 11) is 1.26. The lowest BCUT2D eigenvalue weighted by atomic mass is 9.91. The number of hydrogen-bond donors (Lipinski definition) is 1. The predicted molar refractivity (Wildman–Crippen MR) is 100 cm³/mol. The first-order valence-electron chi connectivity index (χ1n) is 8.37. The standard InChI is InChI=1S/C15H11ClO3.C4H10OSi/c1-19-14(17)15(18)12-5-3-2-4-10(12)11-7-6-9(16)8-13(11)15;1-2-4-6-5-3-1/h2-8,18H,1H3;1-4,6H2. The minimum atomic E-state index is -1.79. The van der Waals surface area contributed by atoms with Crippen LogP contribution in [0.2, 0.25) is 11.1 Å². The number of halogens is 1. The van der Waals surface area contributed by atoms with Crippen LogP contribution in [-0.2, 0) is 19.6 Å². The minimum Gasteiger partial charge on any atom is -0.466 e. The van der Waals surface area contributed by atoms with Crippen LogP contribution in [0.5, 0.6) is 0 Å². The number of ether oxygens (including phenoxy) is 1. The van der Waals surface area contributed by atoms with Gasteiger partial charge in [0.05, 0.1) is 7.11 Å². The molecule has 1 atom stereocenters. The molecule has 132 valence electrons. The summed E-state index contributed by atoms with van der Waals surface area (Å²) < 4.78 is 9.97. The molecule has 4 nitrogen and oxygen atoms in total. The van der Waals surface area contributed by atoms with Gasteiger partial charge in [-0.2, -0.15) is 0 Å². The zero-order valence-electron chi connectivity index (χ0n) is 14.1. The van der Waals surface area contributed by atoms with Crippen molar-refractivity contribution in [3.05, 3.63) is 58.6 Å². The summed E-state index contributed by atoms with van der Waals surface area (Å²) in [4.78, 5) is 12.1. The molecule has 0 aromatic heterocycles. The fourth-order valence-corrected chi connectivity index (χ4v) is 4.63. The number of hydrogen-bond acceptors (Lipinski definition) is 4. The fourth-order valence-electron chi connectivity index (χ4n) is 3.28. The maximum Gasteiger partial charge on any atom is 0.347 e. The van der Waals surface area contributed by atoms with Crippen LogP contribution in [0.25, 0.3) is 11.1 Å². The normalized spacial score (nSPS) is 21.7. The van der Waals surface area contributed by atoms with Gasteiger partial charge in [-0.05, 0) is 35.7 Å². The molecule has 2 aliphatic rings. The Morgan fingerprint density at radius 3 is 2.56 bits per heavy atom. The Morgan fingerprint density at radius 1 is 1.20 bits per heavy atom. The predicted octanol–water partition coefficient (Wildman–Crippen LogP) is 3.03. The van der Waals surface area contributed by atoms with Crippen LogP contribution in [-0.4, -0.2) is 34.6 Å². The van der Waals surface area contributed by atoms with Crippen LogP contribution in [0.15, 0.2) is 42.5 Å². The van der Waals surface area contributed by atoms with Crippen molar-refractivity contribution in [2.24, 2.45) is 0 Å². The zero-order chi connectivity index (χ0) is 17.9. The van der Waals surface area contributed by atoms with E-state index in [9.17, 15) is 9.90 Å². The van der Waals surface area contributed by atoms with Crippen molar-refractivity contribution >= 4 is 27.3 Å². The van der Waals surface area contributed by atoms with Crippen LogP contribution < -0.4 is 0 Å². The smallest absolute Gasteiger partial charge is 0.347 e. The topological polar surface area (TPSA) is 55.8 Å². The Morgan fingerprint density at radius 2 is 1.96 bits per heavy atom. The molecule has 0 saturated carbocycles. The SMILES string of the molecule is C1CC[SiH2]OC1.COC(=O)C1(O)c2ccccc2-c2ccc(Cl)cc21. The molecular weight excluding hydrogens is 356 g/mol. The van der Waals surface area contributed by atoms with Crippen molar-refractivity contribution in [1.82, 2.24) is 0 Å². The van der Waals surface area contributed by atoms with Crippen LogP contribution >= 0.6 is 11.6 Å². The minimum absolute atomic E-state index is 0.00849. The quantitative estimate of drug-likeness (QED) is 0.614. The molecule has 1 unspecified atom stereocenters. The molecule has 0 bridgehead atoms. The molecule has 0 amide bonds. The third kappa shape index (κ3) is 3.37. The highest BCUT2D eigenvalue weighted by Crippen LogP contribution is 2.48. The summed E-state index contributed by atoms with van der Waals surface area (Å²) >= 11 is 5.98. The van der Waals surface area contributed by atoms with E-state index >= 15 is 0 Å². The van der Waals surface area contributed by atoms with E-state index in [1.54, 1.807) is 30.3 Å². The van der Waals surface area contributed by atoms with Crippen molar-refractivity contribution in [2.75, 3.05) is 13.7 Å². The molecule has 0 radical (unpaired) electrons. The second kappa shape index (κ2) is 7.70. The Labute approximate surface area is 154 Å². The summed E-state index contributed by atoms with van der Waals surface area (Å²) in [6, 6.07) is 13.8. The number of rotatable bonds is 1. The highest BCUT2D eigenvalue weighted by molar-refractivity contribution is 6.30. The van der Waals surface area contributed by atoms with Gasteiger partial charge in [0, 0.05) is 22.8 Å². The van der Waals surface area contributed by atoms with Gasteiger partial charge in [-0.3, -0.25) is 0 Å². The van der Waals surface area contributed by atoms with Gasteiger partial charge in [-0.15, -0.1) is 0 Å². The van der Waals surface area contributed by atoms with Gasteiger partial charge in [0.15, 0.2) is 9.76 Å². The molecule has 1 saturated heterocycles. The summed E-state index contributed by atoms with van der Waals surface area (Å²) in [5.74, 6) is -0.707. The molecule has 1 fully saturated rings.